The molecule has 1 fully saturated rings. The number of hydrogen-bond donors (Lipinski definition) is 1. The monoisotopic (exact) mass is 201 g/mol. The maximum atomic E-state index is 11.0. The molecule has 14 heavy (non-hydrogen) atoms. The lowest BCUT2D eigenvalue weighted by Crippen LogP contribution is -2.50. The minimum absolute atomic E-state index is 0.196. The standard InChI is InChI=1S/C10H19NO3/c1-8(7-14-2)11-6-4-3-5-9(11)10(12)13/h8-9H,3-7H2,1-2H3,(H,12,13). The lowest BCUT2D eigenvalue weighted by molar-refractivity contribution is -0.146. The smallest absolute Gasteiger partial charge is 0.320 e. The van der Waals surface area contributed by atoms with Gasteiger partial charge in [0.25, 0.3) is 0 Å². The predicted molar refractivity (Wildman–Crippen MR) is 53.3 cm³/mol. The molecule has 82 valence electrons. The van der Waals surface area contributed by atoms with Crippen molar-refractivity contribution in [3.8, 4) is 0 Å². The fourth-order valence-corrected chi connectivity index (χ4v) is 2.08. The number of carboxylic acids is 1. The molecule has 2 unspecified atom stereocenters. The van der Waals surface area contributed by atoms with Gasteiger partial charge in [-0.25, -0.2) is 0 Å². The first kappa shape index (κ1) is 11.5. The summed E-state index contributed by atoms with van der Waals surface area (Å²) >= 11 is 0. The van der Waals surface area contributed by atoms with Crippen LogP contribution in [0.1, 0.15) is 26.2 Å². The number of ether oxygens (including phenoxy) is 1. The summed E-state index contributed by atoms with van der Waals surface area (Å²) in [4.78, 5) is 13.0. The van der Waals surface area contributed by atoms with Crippen molar-refractivity contribution < 1.29 is 14.6 Å². The van der Waals surface area contributed by atoms with Crippen LogP contribution in [0.4, 0.5) is 0 Å². The Kier molecular flexibility index (Phi) is 4.35. The van der Waals surface area contributed by atoms with E-state index in [9.17, 15) is 4.79 Å². The summed E-state index contributed by atoms with van der Waals surface area (Å²) in [6.07, 6.45) is 2.88. The summed E-state index contributed by atoms with van der Waals surface area (Å²) in [5, 5.41) is 9.04. The average Bonchev–Trinajstić information content (AvgIpc) is 2.18. The first-order valence-electron chi connectivity index (χ1n) is 5.14. The van der Waals surface area contributed by atoms with Gasteiger partial charge in [0.05, 0.1) is 6.61 Å². The largest absolute Gasteiger partial charge is 0.480 e. The van der Waals surface area contributed by atoms with Gasteiger partial charge in [-0.3, -0.25) is 9.69 Å². The molecule has 1 aliphatic heterocycles. The van der Waals surface area contributed by atoms with Crippen molar-refractivity contribution in [1.29, 1.82) is 0 Å². The summed E-state index contributed by atoms with van der Waals surface area (Å²) in [5.41, 5.74) is 0. The van der Waals surface area contributed by atoms with Crippen LogP contribution in [0.3, 0.4) is 0 Å². The molecule has 0 radical (unpaired) electrons. The second-order valence-electron chi connectivity index (χ2n) is 3.89. The Labute approximate surface area is 84.8 Å². The molecule has 0 aromatic heterocycles. The van der Waals surface area contributed by atoms with Crippen LogP contribution in [0.15, 0.2) is 0 Å². The molecule has 0 saturated carbocycles. The molecule has 0 aromatic rings. The van der Waals surface area contributed by atoms with E-state index in [-0.39, 0.29) is 12.1 Å². The van der Waals surface area contributed by atoms with Crippen LogP contribution in [0.5, 0.6) is 0 Å². The predicted octanol–water partition coefficient (Wildman–Crippen LogP) is 0.960. The van der Waals surface area contributed by atoms with Crippen molar-refractivity contribution in [2.75, 3.05) is 20.3 Å². The van der Waals surface area contributed by atoms with Gasteiger partial charge < -0.3 is 9.84 Å². The first-order valence-corrected chi connectivity index (χ1v) is 5.14. The van der Waals surface area contributed by atoms with Gasteiger partial charge >= 0.3 is 5.97 Å². The third-order valence-corrected chi connectivity index (χ3v) is 2.80. The molecular formula is C10H19NO3. The number of carboxylic acid groups (broad SMARTS) is 1. The van der Waals surface area contributed by atoms with E-state index in [4.69, 9.17) is 9.84 Å². The molecule has 2 atom stereocenters. The van der Waals surface area contributed by atoms with Crippen molar-refractivity contribution in [2.45, 2.75) is 38.3 Å². The Hall–Kier alpha value is -0.610. The van der Waals surface area contributed by atoms with E-state index in [1.807, 2.05) is 11.8 Å². The Morgan fingerprint density at radius 2 is 2.36 bits per heavy atom. The highest BCUT2D eigenvalue weighted by Gasteiger charge is 2.31. The van der Waals surface area contributed by atoms with Crippen LogP contribution >= 0.6 is 0 Å². The molecule has 0 aromatic carbocycles. The number of piperidine rings is 1. The summed E-state index contributed by atoms with van der Waals surface area (Å²) < 4.78 is 5.05. The molecule has 4 heteroatoms. The molecule has 1 aliphatic rings. The maximum absolute atomic E-state index is 11.0. The van der Waals surface area contributed by atoms with Crippen molar-refractivity contribution in [2.24, 2.45) is 0 Å². The highest BCUT2D eigenvalue weighted by Crippen LogP contribution is 2.19. The molecule has 1 heterocycles. The van der Waals surface area contributed by atoms with Crippen molar-refractivity contribution in [3.63, 3.8) is 0 Å². The number of aliphatic carboxylic acids is 1. The van der Waals surface area contributed by atoms with Crippen LogP contribution in [0.2, 0.25) is 0 Å². The molecular weight excluding hydrogens is 182 g/mol. The molecule has 1 saturated heterocycles. The van der Waals surface area contributed by atoms with E-state index in [2.05, 4.69) is 0 Å². The normalized spacial score (nSPS) is 26.0. The van der Waals surface area contributed by atoms with Crippen LogP contribution in [0.25, 0.3) is 0 Å². The molecule has 0 bridgehead atoms. The van der Waals surface area contributed by atoms with Gasteiger partial charge in [-0.05, 0) is 26.3 Å². The maximum Gasteiger partial charge on any atom is 0.320 e. The summed E-state index contributed by atoms with van der Waals surface area (Å²) in [5.74, 6) is -0.701. The number of carbonyl (C=O) groups is 1. The summed E-state index contributed by atoms with van der Waals surface area (Å²) in [6, 6.07) is -0.115. The molecule has 0 spiro atoms. The van der Waals surface area contributed by atoms with Gasteiger partial charge in [-0.1, -0.05) is 6.42 Å². The highest BCUT2D eigenvalue weighted by atomic mass is 16.5. The zero-order valence-corrected chi connectivity index (χ0v) is 8.90. The van der Waals surface area contributed by atoms with E-state index in [0.717, 1.165) is 25.8 Å². The topological polar surface area (TPSA) is 49.8 Å². The van der Waals surface area contributed by atoms with Gasteiger partial charge in [0, 0.05) is 13.2 Å². The van der Waals surface area contributed by atoms with Crippen molar-refractivity contribution >= 4 is 5.97 Å². The quantitative estimate of drug-likeness (QED) is 0.736. The van der Waals surface area contributed by atoms with Gasteiger partial charge in [-0.2, -0.15) is 0 Å². The lowest BCUT2D eigenvalue weighted by Gasteiger charge is -2.37. The second kappa shape index (κ2) is 5.32. The third kappa shape index (κ3) is 2.69. The molecule has 0 aliphatic carbocycles. The third-order valence-electron chi connectivity index (χ3n) is 2.80. The molecule has 1 N–H and O–H groups in total. The van der Waals surface area contributed by atoms with Gasteiger partial charge in [-0.15, -0.1) is 0 Å². The second-order valence-corrected chi connectivity index (χ2v) is 3.89. The summed E-state index contributed by atoms with van der Waals surface area (Å²) in [6.45, 7) is 3.50. The zero-order chi connectivity index (χ0) is 10.6. The van der Waals surface area contributed by atoms with Crippen molar-refractivity contribution in [3.05, 3.63) is 0 Å². The number of methoxy groups -OCH3 is 1. The van der Waals surface area contributed by atoms with Crippen LogP contribution in [-0.2, 0) is 9.53 Å². The first-order chi connectivity index (χ1) is 6.66. The van der Waals surface area contributed by atoms with Crippen LogP contribution < -0.4 is 0 Å². The minimum Gasteiger partial charge on any atom is -0.480 e. The van der Waals surface area contributed by atoms with E-state index in [1.165, 1.54) is 0 Å². The molecule has 1 rings (SSSR count). The molecule has 4 nitrogen and oxygen atoms in total. The van der Waals surface area contributed by atoms with Gasteiger partial charge in [0.2, 0.25) is 0 Å². The Morgan fingerprint density at radius 1 is 1.64 bits per heavy atom. The number of nitrogens with zero attached hydrogens (tertiary/aromatic N) is 1. The Balaban J connectivity index is 2.57. The van der Waals surface area contributed by atoms with E-state index >= 15 is 0 Å². The lowest BCUT2D eigenvalue weighted by atomic mass is 10.0. The Bertz CT molecular complexity index is 196. The number of hydrogen-bond acceptors (Lipinski definition) is 3. The van der Waals surface area contributed by atoms with E-state index < -0.39 is 5.97 Å². The number of rotatable bonds is 4. The minimum atomic E-state index is -0.701. The highest BCUT2D eigenvalue weighted by molar-refractivity contribution is 5.73. The average molecular weight is 201 g/mol. The fraction of sp³-hybridized carbons (Fsp3) is 0.900. The van der Waals surface area contributed by atoms with Crippen LogP contribution in [0, 0.1) is 0 Å². The van der Waals surface area contributed by atoms with Crippen molar-refractivity contribution in [1.82, 2.24) is 4.90 Å². The zero-order valence-electron chi connectivity index (χ0n) is 8.90. The van der Waals surface area contributed by atoms with Gasteiger partial charge in [0.1, 0.15) is 6.04 Å². The Morgan fingerprint density at radius 3 is 2.93 bits per heavy atom. The SMILES string of the molecule is COCC(C)N1CCCCC1C(=O)O. The summed E-state index contributed by atoms with van der Waals surface area (Å²) in [7, 11) is 1.65. The van der Waals surface area contributed by atoms with E-state index in [1.54, 1.807) is 7.11 Å². The number of likely N-dealkylation sites (tertiary alicyclic amines) is 1. The fourth-order valence-electron chi connectivity index (χ4n) is 2.08. The van der Waals surface area contributed by atoms with E-state index in [0.29, 0.717) is 6.61 Å². The van der Waals surface area contributed by atoms with Crippen LogP contribution in [-0.4, -0.2) is 48.3 Å². The molecule has 0 amide bonds. The van der Waals surface area contributed by atoms with Gasteiger partial charge in [0.15, 0.2) is 0 Å².